The molecule has 7 nitrogen and oxygen atoms in total. The molecule has 2 aromatic heterocycles. The van der Waals surface area contributed by atoms with E-state index >= 15 is 0 Å². The lowest BCUT2D eigenvalue weighted by Crippen LogP contribution is -2.47. The van der Waals surface area contributed by atoms with Crippen LogP contribution in [0, 0.1) is 13.8 Å². The van der Waals surface area contributed by atoms with Gasteiger partial charge in [0.2, 0.25) is 5.89 Å². The predicted octanol–water partition coefficient (Wildman–Crippen LogP) is 2.24. The van der Waals surface area contributed by atoms with Crippen LogP contribution in [-0.4, -0.2) is 38.8 Å². The topological polar surface area (TPSA) is 92.6 Å². The molecule has 0 aliphatic rings. The van der Waals surface area contributed by atoms with Crippen LogP contribution in [0.2, 0.25) is 0 Å². The molecule has 1 N–H and O–H groups in total. The lowest BCUT2D eigenvalue weighted by Gasteiger charge is -2.29. The molecular formula is C14H19N3O4. The first-order chi connectivity index (χ1) is 9.71. The van der Waals surface area contributed by atoms with E-state index in [0.717, 1.165) is 11.3 Å². The predicted molar refractivity (Wildman–Crippen MR) is 74.7 cm³/mol. The summed E-state index contributed by atoms with van der Waals surface area (Å²) in [6.07, 6.45) is 0. The van der Waals surface area contributed by atoms with Gasteiger partial charge < -0.3 is 13.9 Å². The largest absolute Gasteiger partial charge is 0.480 e. The van der Waals surface area contributed by atoms with Crippen molar-refractivity contribution in [2.24, 2.45) is 0 Å². The summed E-state index contributed by atoms with van der Waals surface area (Å²) in [6.45, 7) is 7.16. The van der Waals surface area contributed by atoms with E-state index < -0.39 is 11.5 Å². The normalized spacial score (nSPS) is 12.1. The molecule has 0 unspecified atom stereocenters. The maximum absolute atomic E-state index is 11.2. The van der Waals surface area contributed by atoms with Gasteiger partial charge in [-0.15, -0.1) is 10.2 Å². The molecule has 0 saturated heterocycles. The number of aromatic nitrogens is 2. The van der Waals surface area contributed by atoms with Crippen molar-refractivity contribution >= 4 is 5.97 Å². The van der Waals surface area contributed by atoms with E-state index in [4.69, 9.17) is 8.83 Å². The number of aliphatic carboxylic acids is 1. The summed E-state index contributed by atoms with van der Waals surface area (Å²) in [5.74, 6) is 1.31. The van der Waals surface area contributed by atoms with Crippen LogP contribution in [0.3, 0.4) is 0 Å². The quantitative estimate of drug-likeness (QED) is 0.903. The minimum atomic E-state index is -1.02. The fraction of sp³-hybridized carbons (Fsp3) is 0.500. The van der Waals surface area contributed by atoms with Gasteiger partial charge in [-0.1, -0.05) is 0 Å². The standard InChI is InChI=1S/C14H19N3O4/c1-8-6-10(9(2)20-8)12-16-15-11(21-12)7-17(5)14(3,4)13(18)19/h6H,7H2,1-5H3,(H,18,19). The summed E-state index contributed by atoms with van der Waals surface area (Å²) in [5, 5.41) is 17.1. The van der Waals surface area contributed by atoms with Crippen molar-refractivity contribution < 1.29 is 18.7 Å². The Morgan fingerprint density at radius 1 is 1.33 bits per heavy atom. The van der Waals surface area contributed by atoms with Crippen LogP contribution in [0.25, 0.3) is 11.5 Å². The molecule has 0 aliphatic heterocycles. The van der Waals surface area contributed by atoms with Crippen molar-refractivity contribution in [2.75, 3.05) is 7.05 Å². The molecule has 2 aromatic rings. The Bertz CT molecular complexity index is 657. The van der Waals surface area contributed by atoms with E-state index in [2.05, 4.69) is 10.2 Å². The van der Waals surface area contributed by atoms with Gasteiger partial charge in [0.05, 0.1) is 12.1 Å². The monoisotopic (exact) mass is 293 g/mol. The second kappa shape index (κ2) is 5.33. The first-order valence-corrected chi connectivity index (χ1v) is 6.56. The van der Waals surface area contributed by atoms with Gasteiger partial charge in [-0.3, -0.25) is 9.69 Å². The highest BCUT2D eigenvalue weighted by Gasteiger charge is 2.33. The van der Waals surface area contributed by atoms with Gasteiger partial charge in [0.25, 0.3) is 5.89 Å². The highest BCUT2D eigenvalue weighted by atomic mass is 16.4. The lowest BCUT2D eigenvalue weighted by atomic mass is 10.0. The third-order valence-corrected chi connectivity index (χ3v) is 3.59. The molecule has 0 atom stereocenters. The van der Waals surface area contributed by atoms with E-state index in [1.54, 1.807) is 25.8 Å². The zero-order chi connectivity index (χ0) is 15.8. The van der Waals surface area contributed by atoms with Gasteiger partial charge >= 0.3 is 5.97 Å². The summed E-state index contributed by atoms with van der Waals surface area (Å²) in [6, 6.07) is 1.83. The second-order valence-electron chi connectivity index (χ2n) is 5.55. The number of hydrogen-bond acceptors (Lipinski definition) is 6. The average Bonchev–Trinajstić information content (AvgIpc) is 2.95. The minimum Gasteiger partial charge on any atom is -0.480 e. The summed E-state index contributed by atoms with van der Waals surface area (Å²) in [4.78, 5) is 12.8. The van der Waals surface area contributed by atoms with E-state index in [-0.39, 0.29) is 6.54 Å². The number of nitrogens with zero attached hydrogens (tertiary/aromatic N) is 3. The maximum atomic E-state index is 11.2. The zero-order valence-corrected chi connectivity index (χ0v) is 12.8. The van der Waals surface area contributed by atoms with Crippen LogP contribution in [0.15, 0.2) is 14.9 Å². The van der Waals surface area contributed by atoms with Crippen LogP contribution >= 0.6 is 0 Å². The van der Waals surface area contributed by atoms with Crippen molar-refractivity contribution in [2.45, 2.75) is 39.8 Å². The third-order valence-electron chi connectivity index (χ3n) is 3.59. The molecular weight excluding hydrogens is 274 g/mol. The van der Waals surface area contributed by atoms with E-state index in [9.17, 15) is 9.90 Å². The molecule has 0 fully saturated rings. The van der Waals surface area contributed by atoms with Crippen molar-refractivity contribution in [1.29, 1.82) is 0 Å². The molecule has 0 saturated carbocycles. The molecule has 0 amide bonds. The summed E-state index contributed by atoms with van der Waals surface area (Å²) >= 11 is 0. The molecule has 0 aliphatic carbocycles. The van der Waals surface area contributed by atoms with Crippen LogP contribution in [-0.2, 0) is 11.3 Å². The number of likely N-dealkylation sites (N-methyl/N-ethyl adjacent to an activating group) is 1. The number of carboxylic acids is 1. The Kier molecular flexibility index (Phi) is 3.87. The fourth-order valence-corrected chi connectivity index (χ4v) is 1.83. The van der Waals surface area contributed by atoms with Crippen molar-refractivity contribution in [3.63, 3.8) is 0 Å². The third kappa shape index (κ3) is 2.97. The van der Waals surface area contributed by atoms with Gasteiger partial charge in [-0.05, 0) is 40.8 Å². The van der Waals surface area contributed by atoms with E-state index in [1.807, 2.05) is 19.9 Å². The molecule has 2 rings (SSSR count). The Morgan fingerprint density at radius 3 is 2.52 bits per heavy atom. The number of furan rings is 1. The first-order valence-electron chi connectivity index (χ1n) is 6.56. The van der Waals surface area contributed by atoms with E-state index in [0.29, 0.717) is 17.5 Å². The van der Waals surface area contributed by atoms with E-state index in [1.165, 1.54) is 0 Å². The molecule has 2 heterocycles. The number of hydrogen-bond donors (Lipinski definition) is 1. The summed E-state index contributed by atoms with van der Waals surface area (Å²) in [7, 11) is 1.70. The molecule has 0 bridgehead atoms. The van der Waals surface area contributed by atoms with Crippen LogP contribution in [0.4, 0.5) is 0 Å². The Balaban J connectivity index is 2.18. The first kappa shape index (κ1) is 15.2. The van der Waals surface area contributed by atoms with Crippen LogP contribution < -0.4 is 0 Å². The van der Waals surface area contributed by atoms with Gasteiger partial charge in [-0.2, -0.15) is 0 Å². The average molecular weight is 293 g/mol. The lowest BCUT2D eigenvalue weighted by molar-refractivity contribution is -0.149. The van der Waals surface area contributed by atoms with Crippen LogP contribution in [0.1, 0.15) is 31.3 Å². The Hall–Kier alpha value is -2.15. The molecule has 21 heavy (non-hydrogen) atoms. The smallest absolute Gasteiger partial charge is 0.323 e. The molecule has 0 spiro atoms. The highest BCUT2D eigenvalue weighted by Crippen LogP contribution is 2.26. The van der Waals surface area contributed by atoms with Gasteiger partial charge in [-0.25, -0.2) is 0 Å². The Morgan fingerprint density at radius 2 is 2.00 bits per heavy atom. The maximum Gasteiger partial charge on any atom is 0.323 e. The number of aryl methyl sites for hydroxylation is 2. The molecule has 114 valence electrons. The number of carboxylic acid groups (broad SMARTS) is 1. The highest BCUT2D eigenvalue weighted by molar-refractivity contribution is 5.77. The van der Waals surface area contributed by atoms with Crippen molar-refractivity contribution in [1.82, 2.24) is 15.1 Å². The second-order valence-corrected chi connectivity index (χ2v) is 5.55. The van der Waals surface area contributed by atoms with Gasteiger partial charge in [0.15, 0.2) is 0 Å². The SMILES string of the molecule is Cc1cc(-c2nnc(CN(C)C(C)(C)C(=O)O)o2)c(C)o1. The molecule has 0 aromatic carbocycles. The number of carbonyl (C=O) groups is 1. The fourth-order valence-electron chi connectivity index (χ4n) is 1.83. The molecule has 0 radical (unpaired) electrons. The van der Waals surface area contributed by atoms with Crippen molar-refractivity contribution in [3.8, 4) is 11.5 Å². The summed E-state index contributed by atoms with van der Waals surface area (Å²) < 4.78 is 11.0. The number of rotatable bonds is 5. The minimum absolute atomic E-state index is 0.252. The Labute approximate surface area is 122 Å². The van der Waals surface area contributed by atoms with Crippen molar-refractivity contribution in [3.05, 3.63) is 23.5 Å². The zero-order valence-electron chi connectivity index (χ0n) is 12.8. The summed E-state index contributed by atoms with van der Waals surface area (Å²) in [5.41, 5.74) is -0.261. The molecule has 7 heteroatoms. The van der Waals surface area contributed by atoms with Gasteiger partial charge in [0, 0.05) is 0 Å². The van der Waals surface area contributed by atoms with Crippen LogP contribution in [0.5, 0.6) is 0 Å². The van der Waals surface area contributed by atoms with Gasteiger partial charge in [0.1, 0.15) is 17.1 Å².